The molecule has 1 heterocycles. The summed E-state index contributed by atoms with van der Waals surface area (Å²) in [5.74, 6) is 0.892. The Morgan fingerprint density at radius 1 is 1.25 bits per heavy atom. The molecule has 1 unspecified atom stereocenters. The molecule has 0 saturated heterocycles. The number of thioether (sulfide) groups is 1. The molecule has 2 nitrogen and oxygen atoms in total. The number of fused-ring (bicyclic) bond motifs is 1. The fraction of sp³-hybridized carbons (Fsp3) is 0.250. The van der Waals surface area contributed by atoms with Crippen LogP contribution >= 0.6 is 27.7 Å². The van der Waals surface area contributed by atoms with Crippen LogP contribution in [0, 0.1) is 0 Å². The number of ether oxygens (including phenoxy) is 1. The lowest BCUT2D eigenvalue weighted by molar-refractivity contribution is 0.0588. The van der Waals surface area contributed by atoms with E-state index in [2.05, 4.69) is 46.3 Å². The third-order valence-corrected chi connectivity index (χ3v) is 5.10. The molecule has 0 aromatic heterocycles. The first-order valence-electron chi connectivity index (χ1n) is 6.61. The highest BCUT2D eigenvalue weighted by atomic mass is 79.9. The van der Waals surface area contributed by atoms with E-state index in [4.69, 9.17) is 10.5 Å². The molecule has 1 atom stereocenters. The molecule has 3 rings (SSSR count). The second-order valence-electron chi connectivity index (χ2n) is 4.80. The van der Waals surface area contributed by atoms with Crippen molar-refractivity contribution in [1.82, 2.24) is 0 Å². The molecule has 0 amide bonds. The number of halogens is 1. The summed E-state index contributed by atoms with van der Waals surface area (Å²) in [6.45, 7) is 0.804. The summed E-state index contributed by atoms with van der Waals surface area (Å²) in [7, 11) is 0. The van der Waals surface area contributed by atoms with Crippen LogP contribution in [0.1, 0.15) is 17.2 Å². The molecule has 2 N–H and O–H groups in total. The van der Waals surface area contributed by atoms with Crippen molar-refractivity contribution >= 4 is 33.4 Å². The smallest absolute Gasteiger partial charge is 0.0921 e. The Morgan fingerprint density at radius 3 is 2.95 bits per heavy atom. The van der Waals surface area contributed by atoms with Gasteiger partial charge in [-0.05, 0) is 35.7 Å². The van der Waals surface area contributed by atoms with Crippen molar-refractivity contribution in [2.75, 3.05) is 18.1 Å². The lowest BCUT2D eigenvalue weighted by atomic mass is 9.99. The third-order valence-electron chi connectivity index (χ3n) is 3.45. The Bertz CT molecular complexity index is 617. The van der Waals surface area contributed by atoms with Crippen molar-refractivity contribution < 1.29 is 4.74 Å². The molecule has 104 valence electrons. The molecule has 0 saturated carbocycles. The van der Waals surface area contributed by atoms with Crippen LogP contribution in [0.3, 0.4) is 0 Å². The van der Waals surface area contributed by atoms with Crippen LogP contribution in [0.5, 0.6) is 0 Å². The van der Waals surface area contributed by atoms with E-state index in [1.165, 1.54) is 11.1 Å². The Hall–Kier alpha value is -0.970. The van der Waals surface area contributed by atoms with Crippen LogP contribution in [0.25, 0.3) is 0 Å². The molecular formula is C16H16BrNOS. The first-order valence-corrected chi connectivity index (χ1v) is 8.39. The molecule has 1 aliphatic rings. The number of nitrogen functional groups attached to an aromatic ring is 1. The van der Waals surface area contributed by atoms with Gasteiger partial charge in [-0.2, -0.15) is 0 Å². The van der Waals surface area contributed by atoms with Gasteiger partial charge >= 0.3 is 0 Å². The molecule has 0 aliphatic carbocycles. The zero-order valence-corrected chi connectivity index (χ0v) is 13.4. The van der Waals surface area contributed by atoms with E-state index < -0.39 is 0 Å². The van der Waals surface area contributed by atoms with Gasteiger partial charge in [-0.1, -0.05) is 40.2 Å². The number of hydrogen-bond acceptors (Lipinski definition) is 3. The SMILES string of the molecule is Nc1cc(Br)ccc1SCC1OCCc2ccccc21. The van der Waals surface area contributed by atoms with Crippen molar-refractivity contribution in [3.05, 3.63) is 58.1 Å². The first kappa shape index (κ1) is 14.0. The normalized spacial score (nSPS) is 17.8. The zero-order chi connectivity index (χ0) is 13.9. The maximum Gasteiger partial charge on any atom is 0.0921 e. The van der Waals surface area contributed by atoms with Crippen molar-refractivity contribution in [3.8, 4) is 0 Å². The predicted molar refractivity (Wildman–Crippen MR) is 88.1 cm³/mol. The largest absolute Gasteiger partial charge is 0.398 e. The van der Waals surface area contributed by atoms with Crippen LogP contribution in [-0.2, 0) is 11.2 Å². The lowest BCUT2D eigenvalue weighted by Crippen LogP contribution is -2.17. The minimum Gasteiger partial charge on any atom is -0.398 e. The first-order chi connectivity index (χ1) is 9.74. The molecule has 0 bridgehead atoms. The van der Waals surface area contributed by atoms with Crippen molar-refractivity contribution in [1.29, 1.82) is 0 Å². The van der Waals surface area contributed by atoms with E-state index in [1.54, 1.807) is 11.8 Å². The summed E-state index contributed by atoms with van der Waals surface area (Å²) in [5.41, 5.74) is 9.58. The quantitative estimate of drug-likeness (QED) is 0.657. The monoisotopic (exact) mass is 349 g/mol. The average molecular weight is 350 g/mol. The second kappa shape index (κ2) is 6.20. The predicted octanol–water partition coefficient (Wildman–Crippen LogP) is 4.44. The number of rotatable bonds is 3. The van der Waals surface area contributed by atoms with E-state index in [9.17, 15) is 0 Å². The molecule has 0 fully saturated rings. The van der Waals surface area contributed by atoms with Gasteiger partial charge in [-0.15, -0.1) is 11.8 Å². The molecule has 2 aromatic carbocycles. The Kier molecular flexibility index (Phi) is 4.34. The van der Waals surface area contributed by atoms with Gasteiger partial charge in [0.05, 0.1) is 12.7 Å². The Morgan fingerprint density at radius 2 is 2.10 bits per heavy atom. The van der Waals surface area contributed by atoms with Crippen molar-refractivity contribution in [3.63, 3.8) is 0 Å². The molecule has 4 heteroatoms. The fourth-order valence-corrected chi connectivity index (χ4v) is 3.81. The summed E-state index contributed by atoms with van der Waals surface area (Å²) >= 11 is 5.19. The number of benzene rings is 2. The average Bonchev–Trinajstić information content (AvgIpc) is 2.46. The summed E-state index contributed by atoms with van der Waals surface area (Å²) < 4.78 is 6.93. The molecule has 1 aliphatic heterocycles. The minimum atomic E-state index is 0.160. The van der Waals surface area contributed by atoms with Crippen LogP contribution in [-0.4, -0.2) is 12.4 Å². The molecule has 0 spiro atoms. The van der Waals surface area contributed by atoms with E-state index in [0.717, 1.165) is 33.8 Å². The zero-order valence-electron chi connectivity index (χ0n) is 11.0. The molecule has 2 aromatic rings. The Balaban J connectivity index is 1.73. The number of nitrogens with two attached hydrogens (primary N) is 1. The molecular weight excluding hydrogens is 334 g/mol. The Labute approximate surface area is 131 Å². The highest BCUT2D eigenvalue weighted by Gasteiger charge is 2.20. The third kappa shape index (κ3) is 3.03. The van der Waals surface area contributed by atoms with Gasteiger partial charge < -0.3 is 10.5 Å². The van der Waals surface area contributed by atoms with Crippen molar-refractivity contribution in [2.24, 2.45) is 0 Å². The summed E-state index contributed by atoms with van der Waals surface area (Å²) in [4.78, 5) is 1.11. The van der Waals surface area contributed by atoms with Gasteiger partial charge in [0, 0.05) is 20.8 Å². The highest BCUT2D eigenvalue weighted by Crippen LogP contribution is 2.34. The maximum atomic E-state index is 6.04. The highest BCUT2D eigenvalue weighted by molar-refractivity contribution is 9.10. The van der Waals surface area contributed by atoms with E-state index in [0.29, 0.717) is 0 Å². The summed E-state index contributed by atoms with van der Waals surface area (Å²) in [5, 5.41) is 0. The molecule has 20 heavy (non-hydrogen) atoms. The van der Waals surface area contributed by atoms with E-state index >= 15 is 0 Å². The second-order valence-corrected chi connectivity index (χ2v) is 6.78. The van der Waals surface area contributed by atoms with Crippen LogP contribution < -0.4 is 5.73 Å². The van der Waals surface area contributed by atoms with Gasteiger partial charge in [0.1, 0.15) is 0 Å². The minimum absolute atomic E-state index is 0.160. The topological polar surface area (TPSA) is 35.2 Å². The van der Waals surface area contributed by atoms with Crippen LogP contribution in [0.4, 0.5) is 5.69 Å². The van der Waals surface area contributed by atoms with Gasteiger partial charge in [0.25, 0.3) is 0 Å². The van der Waals surface area contributed by atoms with Gasteiger partial charge in [0.15, 0.2) is 0 Å². The summed E-state index contributed by atoms with van der Waals surface area (Å²) in [6.07, 6.45) is 1.17. The van der Waals surface area contributed by atoms with Gasteiger partial charge in [-0.3, -0.25) is 0 Å². The van der Waals surface area contributed by atoms with Crippen molar-refractivity contribution in [2.45, 2.75) is 17.4 Å². The van der Waals surface area contributed by atoms with Crippen LogP contribution in [0.15, 0.2) is 51.8 Å². The van der Waals surface area contributed by atoms with Gasteiger partial charge in [-0.25, -0.2) is 0 Å². The fourth-order valence-electron chi connectivity index (χ4n) is 2.43. The number of hydrogen-bond donors (Lipinski definition) is 1. The maximum absolute atomic E-state index is 6.04. The van der Waals surface area contributed by atoms with E-state index in [-0.39, 0.29) is 6.10 Å². The standard InChI is InChI=1S/C16H16BrNOS/c17-12-5-6-16(14(18)9-12)20-10-15-13-4-2-1-3-11(13)7-8-19-15/h1-6,9,15H,7-8,10,18H2. The van der Waals surface area contributed by atoms with Crippen LogP contribution in [0.2, 0.25) is 0 Å². The lowest BCUT2D eigenvalue weighted by Gasteiger charge is -2.26. The summed E-state index contributed by atoms with van der Waals surface area (Å²) in [6, 6.07) is 14.6. The number of anilines is 1. The molecule has 0 radical (unpaired) electrons. The van der Waals surface area contributed by atoms with Gasteiger partial charge in [0.2, 0.25) is 0 Å². The van der Waals surface area contributed by atoms with E-state index in [1.807, 2.05) is 12.1 Å².